The van der Waals surface area contributed by atoms with Gasteiger partial charge in [-0.15, -0.1) is 4.91 Å². The van der Waals surface area contributed by atoms with Crippen LogP contribution in [0.3, 0.4) is 0 Å². The predicted molar refractivity (Wildman–Crippen MR) is 38.2 cm³/mol. The number of nitrogens with zero attached hydrogens (tertiary/aromatic N) is 1. The van der Waals surface area contributed by atoms with Gasteiger partial charge >= 0.3 is 0 Å². The number of nitroso groups, excluding NO2 is 1. The van der Waals surface area contributed by atoms with E-state index in [1.807, 2.05) is 6.08 Å². The maximum Gasteiger partial charge on any atom is 0.0855 e. The van der Waals surface area contributed by atoms with E-state index in [1.54, 1.807) is 12.2 Å². The number of hydrogen-bond acceptors (Lipinski definition) is 3. The third-order valence-corrected chi connectivity index (χ3v) is 1.49. The van der Waals surface area contributed by atoms with Crippen LogP contribution >= 0.6 is 0 Å². The molecule has 1 rings (SSSR count). The Labute approximate surface area is 59.0 Å². The number of rotatable bonds is 2. The molecule has 0 spiro atoms. The largest absolute Gasteiger partial charge is 0.396 e. The number of aliphatic hydroxyl groups is 1. The molecule has 1 atom stereocenters. The van der Waals surface area contributed by atoms with E-state index in [9.17, 15) is 4.91 Å². The Bertz CT molecular complexity index is 184. The topological polar surface area (TPSA) is 49.7 Å². The summed E-state index contributed by atoms with van der Waals surface area (Å²) in [5, 5.41) is 11.5. The first kappa shape index (κ1) is 7.15. The fourth-order valence-electron chi connectivity index (χ4n) is 0.922. The van der Waals surface area contributed by atoms with E-state index in [4.69, 9.17) is 5.11 Å². The second kappa shape index (κ2) is 3.27. The standard InChI is InChI=1S/C7H9NO2/c9-5-6-2-1-3-7(4-6)8-10/h1-3,6,9H,4-5H2. The lowest BCUT2D eigenvalue weighted by Crippen LogP contribution is -2.05. The zero-order chi connectivity index (χ0) is 7.40. The summed E-state index contributed by atoms with van der Waals surface area (Å²) < 4.78 is 0. The molecule has 3 nitrogen and oxygen atoms in total. The molecule has 0 aromatic rings. The molecule has 1 N–H and O–H groups in total. The van der Waals surface area contributed by atoms with Crippen LogP contribution < -0.4 is 0 Å². The maximum absolute atomic E-state index is 9.99. The van der Waals surface area contributed by atoms with Crippen LogP contribution in [0.5, 0.6) is 0 Å². The number of allylic oxidation sites excluding steroid dienone is 3. The highest BCUT2D eigenvalue weighted by Crippen LogP contribution is 2.18. The molecule has 10 heavy (non-hydrogen) atoms. The van der Waals surface area contributed by atoms with Crippen LogP contribution in [0.4, 0.5) is 0 Å². The van der Waals surface area contributed by atoms with Crippen molar-refractivity contribution in [1.82, 2.24) is 0 Å². The van der Waals surface area contributed by atoms with Crippen LogP contribution in [-0.4, -0.2) is 11.7 Å². The van der Waals surface area contributed by atoms with Gasteiger partial charge in [-0.1, -0.05) is 12.2 Å². The van der Waals surface area contributed by atoms with Crippen LogP contribution in [-0.2, 0) is 0 Å². The van der Waals surface area contributed by atoms with Gasteiger partial charge in [0, 0.05) is 18.9 Å². The van der Waals surface area contributed by atoms with E-state index in [2.05, 4.69) is 5.18 Å². The lowest BCUT2D eigenvalue weighted by Gasteiger charge is -2.10. The van der Waals surface area contributed by atoms with Crippen molar-refractivity contribution < 1.29 is 5.11 Å². The van der Waals surface area contributed by atoms with Gasteiger partial charge in [0.2, 0.25) is 0 Å². The van der Waals surface area contributed by atoms with Crippen LogP contribution in [0.1, 0.15) is 6.42 Å². The molecule has 0 aromatic heterocycles. The van der Waals surface area contributed by atoms with Crippen LogP contribution in [0.25, 0.3) is 0 Å². The summed E-state index contributed by atoms with van der Waals surface area (Å²) in [6.45, 7) is 0.0867. The first-order valence-electron chi connectivity index (χ1n) is 3.18. The summed E-state index contributed by atoms with van der Waals surface area (Å²) in [7, 11) is 0. The Morgan fingerprint density at radius 3 is 3.20 bits per heavy atom. The van der Waals surface area contributed by atoms with Gasteiger partial charge in [0.05, 0.1) is 5.70 Å². The molecule has 54 valence electrons. The summed E-state index contributed by atoms with van der Waals surface area (Å²) in [6, 6.07) is 0. The highest BCUT2D eigenvalue weighted by atomic mass is 16.3. The monoisotopic (exact) mass is 139 g/mol. The average Bonchev–Trinajstić information content (AvgIpc) is 2.05. The van der Waals surface area contributed by atoms with Gasteiger partial charge in [0.25, 0.3) is 0 Å². The second-order valence-corrected chi connectivity index (χ2v) is 2.28. The second-order valence-electron chi connectivity index (χ2n) is 2.28. The lowest BCUT2D eigenvalue weighted by molar-refractivity contribution is 0.251. The SMILES string of the molecule is O=NC1=CC=CC(CO)C1. The minimum atomic E-state index is 0.0812. The van der Waals surface area contributed by atoms with Gasteiger partial charge in [-0.25, -0.2) is 0 Å². The van der Waals surface area contributed by atoms with Crippen molar-refractivity contribution in [2.45, 2.75) is 6.42 Å². The number of hydrogen-bond donors (Lipinski definition) is 1. The molecule has 0 heterocycles. The van der Waals surface area contributed by atoms with Crippen molar-refractivity contribution in [3.63, 3.8) is 0 Å². The molecule has 0 bridgehead atoms. The van der Waals surface area contributed by atoms with Crippen molar-refractivity contribution in [2.75, 3.05) is 6.61 Å². The summed E-state index contributed by atoms with van der Waals surface area (Å²) in [5.41, 5.74) is 0.515. The molecule has 1 aliphatic rings. The van der Waals surface area contributed by atoms with Crippen LogP contribution in [0, 0.1) is 10.8 Å². The van der Waals surface area contributed by atoms with E-state index < -0.39 is 0 Å². The minimum absolute atomic E-state index is 0.0812. The third kappa shape index (κ3) is 1.51. The van der Waals surface area contributed by atoms with Gasteiger partial charge in [-0.05, 0) is 11.3 Å². The highest BCUT2D eigenvalue weighted by molar-refractivity contribution is 5.18. The van der Waals surface area contributed by atoms with Crippen molar-refractivity contribution in [1.29, 1.82) is 0 Å². The molecule has 3 heteroatoms. The van der Waals surface area contributed by atoms with E-state index in [-0.39, 0.29) is 12.5 Å². The zero-order valence-electron chi connectivity index (χ0n) is 5.53. The molecule has 0 aromatic carbocycles. The molecular weight excluding hydrogens is 130 g/mol. The smallest absolute Gasteiger partial charge is 0.0855 e. The van der Waals surface area contributed by atoms with Crippen LogP contribution in [0.2, 0.25) is 0 Å². The first-order valence-corrected chi connectivity index (χ1v) is 3.18. The van der Waals surface area contributed by atoms with Gasteiger partial charge in [0.15, 0.2) is 0 Å². The molecule has 0 saturated carbocycles. The minimum Gasteiger partial charge on any atom is -0.396 e. The predicted octanol–water partition coefficient (Wildman–Crippen LogP) is 1.21. The van der Waals surface area contributed by atoms with E-state index in [0.717, 1.165) is 0 Å². The highest BCUT2D eigenvalue weighted by Gasteiger charge is 2.09. The normalized spacial score (nSPS) is 24.1. The Morgan fingerprint density at radius 1 is 1.80 bits per heavy atom. The molecule has 1 aliphatic carbocycles. The van der Waals surface area contributed by atoms with Crippen molar-refractivity contribution >= 4 is 0 Å². The maximum atomic E-state index is 9.99. The molecule has 0 saturated heterocycles. The molecule has 0 amide bonds. The summed E-state index contributed by atoms with van der Waals surface area (Å²) in [4.78, 5) is 9.99. The van der Waals surface area contributed by atoms with Gasteiger partial charge in [-0.2, -0.15) is 0 Å². The molecular formula is C7H9NO2. The van der Waals surface area contributed by atoms with Crippen LogP contribution in [0.15, 0.2) is 29.1 Å². The van der Waals surface area contributed by atoms with Gasteiger partial charge in [-0.3, -0.25) is 0 Å². The summed E-state index contributed by atoms with van der Waals surface area (Å²) in [6.07, 6.45) is 5.85. The average molecular weight is 139 g/mol. The van der Waals surface area contributed by atoms with E-state index >= 15 is 0 Å². The van der Waals surface area contributed by atoms with Gasteiger partial charge < -0.3 is 5.11 Å². The fourth-order valence-corrected chi connectivity index (χ4v) is 0.922. The summed E-state index contributed by atoms with van der Waals surface area (Å²) >= 11 is 0. The zero-order valence-corrected chi connectivity index (χ0v) is 5.53. The Morgan fingerprint density at radius 2 is 2.60 bits per heavy atom. The molecule has 0 aliphatic heterocycles. The summed E-state index contributed by atoms with van der Waals surface area (Å²) in [5.74, 6) is 0.0812. The quantitative estimate of drug-likeness (QED) is 0.584. The van der Waals surface area contributed by atoms with E-state index in [0.29, 0.717) is 12.1 Å². The Hall–Kier alpha value is -0.960. The lowest BCUT2D eigenvalue weighted by atomic mass is 10.00. The van der Waals surface area contributed by atoms with E-state index in [1.165, 1.54) is 0 Å². The first-order chi connectivity index (χ1) is 4.86. The van der Waals surface area contributed by atoms with Crippen molar-refractivity contribution in [3.8, 4) is 0 Å². The molecule has 0 radical (unpaired) electrons. The number of aliphatic hydroxyl groups excluding tert-OH is 1. The van der Waals surface area contributed by atoms with Crippen molar-refractivity contribution in [2.24, 2.45) is 11.1 Å². The molecule has 1 unspecified atom stereocenters. The Balaban J connectivity index is 2.58. The Kier molecular flexibility index (Phi) is 2.34. The third-order valence-electron chi connectivity index (χ3n) is 1.49. The fraction of sp³-hybridized carbons (Fsp3) is 0.429. The molecule has 0 fully saturated rings. The van der Waals surface area contributed by atoms with Gasteiger partial charge in [0.1, 0.15) is 0 Å². The van der Waals surface area contributed by atoms with Crippen molar-refractivity contribution in [3.05, 3.63) is 28.8 Å².